The fourth-order valence-electron chi connectivity index (χ4n) is 1.92. The van der Waals surface area contributed by atoms with Crippen molar-refractivity contribution in [2.45, 2.75) is 6.54 Å². The van der Waals surface area contributed by atoms with Gasteiger partial charge in [-0.3, -0.25) is 14.3 Å². The Morgan fingerprint density at radius 3 is 2.95 bits per heavy atom. The van der Waals surface area contributed by atoms with Crippen LogP contribution < -0.4 is 16.0 Å². The molecule has 0 bridgehead atoms. The van der Waals surface area contributed by atoms with E-state index in [-0.39, 0.29) is 29.4 Å². The molecule has 3 rings (SSSR count). The van der Waals surface area contributed by atoms with Crippen LogP contribution in [0.5, 0.6) is 5.88 Å². The van der Waals surface area contributed by atoms with E-state index in [1.807, 2.05) is 0 Å². The third-order valence-electron chi connectivity index (χ3n) is 2.88. The molecule has 9 nitrogen and oxygen atoms in total. The largest absolute Gasteiger partial charge is 0.479 e. The van der Waals surface area contributed by atoms with Gasteiger partial charge in [-0.25, -0.2) is 9.78 Å². The van der Waals surface area contributed by atoms with E-state index >= 15 is 0 Å². The standard InChI is InChI=1S/C12H11N5O4/c1-3-4-17-10-8(11(18)15-12(17)19)13-9(14-10)6-5-7(20-2)16-21-6/h3,5H,1,4H2,2H3,(H,13,14)(H,15,18,19). The van der Waals surface area contributed by atoms with Gasteiger partial charge in [0.05, 0.1) is 13.2 Å². The zero-order valence-electron chi connectivity index (χ0n) is 11.0. The monoisotopic (exact) mass is 289 g/mol. The van der Waals surface area contributed by atoms with Crippen LogP contribution in [0.2, 0.25) is 0 Å². The number of ether oxygens (including phenoxy) is 1. The SMILES string of the molecule is C=CCn1c(=O)[nH]c(=O)c2[nH]c(-c3cc(OC)no3)nc21. The van der Waals surface area contributed by atoms with Crippen LogP contribution in [0.3, 0.4) is 0 Å². The van der Waals surface area contributed by atoms with Crippen molar-refractivity contribution in [3.63, 3.8) is 0 Å². The summed E-state index contributed by atoms with van der Waals surface area (Å²) < 4.78 is 11.3. The average molecular weight is 289 g/mol. The number of hydrogen-bond acceptors (Lipinski definition) is 6. The molecule has 9 heteroatoms. The Balaban J connectivity index is 2.25. The molecule has 0 amide bonds. The number of rotatable bonds is 4. The maximum atomic E-state index is 11.8. The molecule has 3 aromatic heterocycles. The summed E-state index contributed by atoms with van der Waals surface area (Å²) in [6.45, 7) is 3.79. The minimum Gasteiger partial charge on any atom is -0.479 e. The van der Waals surface area contributed by atoms with Crippen LogP contribution in [-0.2, 0) is 6.54 Å². The van der Waals surface area contributed by atoms with E-state index in [0.29, 0.717) is 5.76 Å². The van der Waals surface area contributed by atoms with E-state index in [9.17, 15) is 9.59 Å². The van der Waals surface area contributed by atoms with Crippen LogP contribution in [-0.4, -0.2) is 31.8 Å². The highest BCUT2D eigenvalue weighted by Gasteiger charge is 2.16. The Morgan fingerprint density at radius 1 is 1.48 bits per heavy atom. The number of H-pyrrole nitrogens is 2. The summed E-state index contributed by atoms with van der Waals surface area (Å²) in [6, 6.07) is 1.52. The van der Waals surface area contributed by atoms with Crippen molar-refractivity contribution in [2.75, 3.05) is 7.11 Å². The van der Waals surface area contributed by atoms with E-state index in [1.165, 1.54) is 23.8 Å². The van der Waals surface area contributed by atoms with Crippen molar-refractivity contribution in [3.05, 3.63) is 39.6 Å². The van der Waals surface area contributed by atoms with E-state index in [2.05, 4.69) is 26.7 Å². The maximum absolute atomic E-state index is 11.8. The number of hydrogen-bond donors (Lipinski definition) is 2. The third kappa shape index (κ3) is 2.04. The molecule has 0 aliphatic carbocycles. The van der Waals surface area contributed by atoms with Crippen LogP contribution in [0.4, 0.5) is 0 Å². The lowest BCUT2D eigenvalue weighted by atomic mass is 10.4. The van der Waals surface area contributed by atoms with Crippen molar-refractivity contribution in [1.29, 1.82) is 0 Å². The van der Waals surface area contributed by atoms with E-state index in [4.69, 9.17) is 9.26 Å². The highest BCUT2D eigenvalue weighted by molar-refractivity contribution is 5.74. The molecule has 3 heterocycles. The van der Waals surface area contributed by atoms with Crippen molar-refractivity contribution >= 4 is 11.2 Å². The molecule has 0 atom stereocenters. The summed E-state index contributed by atoms with van der Waals surface area (Å²) in [5.74, 6) is 0.845. The minimum absolute atomic E-state index is 0.168. The second-order valence-corrected chi connectivity index (χ2v) is 4.18. The van der Waals surface area contributed by atoms with Gasteiger partial charge in [0, 0.05) is 6.54 Å². The van der Waals surface area contributed by atoms with Gasteiger partial charge in [-0.2, -0.15) is 0 Å². The molecule has 0 fully saturated rings. The first-order valence-electron chi connectivity index (χ1n) is 5.99. The van der Waals surface area contributed by atoms with Crippen molar-refractivity contribution in [3.8, 4) is 17.5 Å². The van der Waals surface area contributed by atoms with E-state index in [0.717, 1.165) is 0 Å². The summed E-state index contributed by atoms with van der Waals surface area (Å²) >= 11 is 0. The van der Waals surface area contributed by atoms with Crippen LogP contribution in [0, 0.1) is 0 Å². The number of nitrogens with one attached hydrogen (secondary N) is 2. The lowest BCUT2D eigenvalue weighted by molar-refractivity contribution is 0.342. The van der Waals surface area contributed by atoms with Crippen molar-refractivity contribution in [2.24, 2.45) is 0 Å². The normalized spacial score (nSPS) is 10.9. The van der Waals surface area contributed by atoms with Crippen molar-refractivity contribution < 1.29 is 9.26 Å². The van der Waals surface area contributed by atoms with Crippen LogP contribution in [0.15, 0.2) is 32.8 Å². The molecule has 0 spiro atoms. The van der Waals surface area contributed by atoms with E-state index in [1.54, 1.807) is 0 Å². The molecule has 0 radical (unpaired) electrons. The Hall–Kier alpha value is -3.10. The fourth-order valence-corrected chi connectivity index (χ4v) is 1.92. The van der Waals surface area contributed by atoms with Gasteiger partial charge in [-0.05, 0) is 5.16 Å². The average Bonchev–Trinajstić information content (AvgIpc) is 3.09. The molecule has 0 aliphatic heterocycles. The predicted octanol–water partition coefficient (Wildman–Crippen LogP) is 0.263. The summed E-state index contributed by atoms with van der Waals surface area (Å²) in [7, 11) is 1.45. The van der Waals surface area contributed by atoms with E-state index < -0.39 is 11.2 Å². The molecule has 3 aromatic rings. The van der Waals surface area contributed by atoms with Gasteiger partial charge >= 0.3 is 5.69 Å². The molecule has 0 saturated heterocycles. The van der Waals surface area contributed by atoms with Crippen LogP contribution in [0.1, 0.15) is 0 Å². The van der Waals surface area contributed by atoms with Gasteiger partial charge < -0.3 is 14.2 Å². The Labute approximate surface area is 116 Å². The zero-order chi connectivity index (χ0) is 15.0. The number of aromatic nitrogens is 5. The minimum atomic E-state index is -0.555. The summed E-state index contributed by atoms with van der Waals surface area (Å²) in [5, 5.41) is 3.65. The first-order chi connectivity index (χ1) is 10.1. The molecular formula is C12H11N5O4. The van der Waals surface area contributed by atoms with Gasteiger partial charge in [0.1, 0.15) is 5.52 Å². The van der Waals surface area contributed by atoms with Gasteiger partial charge in [-0.1, -0.05) is 6.08 Å². The molecule has 21 heavy (non-hydrogen) atoms. The number of allylic oxidation sites excluding steroid dienone is 1. The summed E-state index contributed by atoms with van der Waals surface area (Å²) in [4.78, 5) is 32.9. The Kier molecular flexibility index (Phi) is 2.94. The summed E-state index contributed by atoms with van der Waals surface area (Å²) in [5.41, 5.74) is -0.725. The topological polar surface area (TPSA) is 119 Å². The highest BCUT2D eigenvalue weighted by Crippen LogP contribution is 2.22. The van der Waals surface area contributed by atoms with Gasteiger partial charge in [0.15, 0.2) is 11.5 Å². The lowest BCUT2D eigenvalue weighted by Gasteiger charge is -2.00. The van der Waals surface area contributed by atoms with Gasteiger partial charge in [-0.15, -0.1) is 6.58 Å². The summed E-state index contributed by atoms with van der Waals surface area (Å²) in [6.07, 6.45) is 1.53. The number of methoxy groups -OCH3 is 1. The second kappa shape index (κ2) is 4.78. The number of nitrogens with zero attached hydrogens (tertiary/aromatic N) is 3. The lowest BCUT2D eigenvalue weighted by Crippen LogP contribution is -2.30. The second-order valence-electron chi connectivity index (χ2n) is 4.18. The maximum Gasteiger partial charge on any atom is 0.330 e. The first kappa shape index (κ1) is 12.9. The molecule has 2 N–H and O–H groups in total. The molecule has 108 valence electrons. The number of imidazole rings is 1. The molecular weight excluding hydrogens is 278 g/mol. The fraction of sp³-hybridized carbons (Fsp3) is 0.167. The number of fused-ring (bicyclic) bond motifs is 1. The molecule has 0 aromatic carbocycles. The molecule has 0 aliphatic rings. The Morgan fingerprint density at radius 2 is 2.29 bits per heavy atom. The Bertz CT molecular complexity index is 929. The smallest absolute Gasteiger partial charge is 0.330 e. The molecule has 0 unspecified atom stereocenters. The first-order valence-corrected chi connectivity index (χ1v) is 5.99. The highest BCUT2D eigenvalue weighted by atomic mass is 16.5. The third-order valence-corrected chi connectivity index (χ3v) is 2.88. The predicted molar refractivity (Wildman–Crippen MR) is 73.2 cm³/mol. The quantitative estimate of drug-likeness (QED) is 0.665. The zero-order valence-corrected chi connectivity index (χ0v) is 11.0. The van der Waals surface area contributed by atoms with Crippen molar-refractivity contribution in [1.82, 2.24) is 24.7 Å². The number of aromatic amines is 2. The molecule has 0 saturated carbocycles. The van der Waals surface area contributed by atoms with Gasteiger partial charge in [0.25, 0.3) is 11.4 Å². The van der Waals surface area contributed by atoms with Crippen LogP contribution in [0.25, 0.3) is 22.7 Å². The van der Waals surface area contributed by atoms with Crippen LogP contribution >= 0.6 is 0 Å². The van der Waals surface area contributed by atoms with Gasteiger partial charge in [0.2, 0.25) is 5.76 Å².